The molecule has 1 fully saturated rings. The molecule has 0 aromatic heterocycles. The van der Waals surface area contributed by atoms with E-state index in [0.29, 0.717) is 13.0 Å². The van der Waals surface area contributed by atoms with E-state index < -0.39 is 0 Å². The fraction of sp³-hybridized carbons (Fsp3) is 0.875. The summed E-state index contributed by atoms with van der Waals surface area (Å²) < 4.78 is 10.3. The average molecular weight is 284 g/mol. The fourth-order valence-electron chi connectivity index (χ4n) is 2.37. The quantitative estimate of drug-likeness (QED) is 0.641. The molecule has 1 unspecified atom stereocenters. The predicted molar refractivity (Wildman–Crippen MR) is 77.5 cm³/mol. The molecule has 1 rings (SSSR count). The Labute approximate surface area is 122 Å². The molecule has 4 heteroatoms. The maximum Gasteiger partial charge on any atom is 0.305 e. The van der Waals surface area contributed by atoms with Gasteiger partial charge in [-0.05, 0) is 12.8 Å². The first-order valence-electron chi connectivity index (χ1n) is 7.96. The molecule has 1 saturated heterocycles. The van der Waals surface area contributed by atoms with Gasteiger partial charge in [0.15, 0.2) is 5.78 Å². The van der Waals surface area contributed by atoms with Crippen molar-refractivity contribution in [1.82, 2.24) is 0 Å². The average Bonchev–Trinajstić information content (AvgIpc) is 2.43. The van der Waals surface area contributed by atoms with Crippen LogP contribution in [0.15, 0.2) is 0 Å². The van der Waals surface area contributed by atoms with Crippen LogP contribution in [0.25, 0.3) is 0 Å². The first-order chi connectivity index (χ1) is 9.70. The molecule has 0 saturated carbocycles. The summed E-state index contributed by atoms with van der Waals surface area (Å²) in [6.45, 7) is 2.67. The Morgan fingerprint density at radius 3 is 2.30 bits per heavy atom. The highest BCUT2D eigenvalue weighted by atomic mass is 16.6. The highest BCUT2D eigenvalue weighted by Gasteiger charge is 2.12. The second kappa shape index (κ2) is 10.8. The maximum atomic E-state index is 11.8. The highest BCUT2D eigenvalue weighted by molar-refractivity contribution is 5.81. The number of carbonyl (C=O) groups excluding carboxylic acids is 2. The van der Waals surface area contributed by atoms with E-state index >= 15 is 0 Å². The summed E-state index contributed by atoms with van der Waals surface area (Å²) >= 11 is 0. The van der Waals surface area contributed by atoms with Gasteiger partial charge in [-0.2, -0.15) is 0 Å². The third-order valence-electron chi connectivity index (χ3n) is 3.80. The Morgan fingerprint density at radius 2 is 1.55 bits per heavy atom. The fourth-order valence-corrected chi connectivity index (χ4v) is 2.37. The van der Waals surface area contributed by atoms with E-state index in [2.05, 4.69) is 0 Å². The molecule has 1 aliphatic heterocycles. The number of ketones is 1. The van der Waals surface area contributed by atoms with Gasteiger partial charge in [0.1, 0.15) is 13.2 Å². The summed E-state index contributed by atoms with van der Waals surface area (Å²) in [5.41, 5.74) is 0. The van der Waals surface area contributed by atoms with Crippen LogP contribution >= 0.6 is 0 Å². The van der Waals surface area contributed by atoms with Gasteiger partial charge in [-0.15, -0.1) is 0 Å². The second-order valence-corrected chi connectivity index (χ2v) is 5.65. The zero-order valence-electron chi connectivity index (χ0n) is 12.7. The monoisotopic (exact) mass is 284 g/mol. The van der Waals surface area contributed by atoms with E-state index in [-0.39, 0.29) is 30.9 Å². The SMILES string of the molecule is CC1CCCCCCCCCC(=O)OCCOCC1=O. The van der Waals surface area contributed by atoms with Gasteiger partial charge in [0.05, 0.1) is 6.61 Å². The van der Waals surface area contributed by atoms with Crippen LogP contribution < -0.4 is 0 Å². The van der Waals surface area contributed by atoms with Crippen LogP contribution in [0.3, 0.4) is 0 Å². The molecule has 20 heavy (non-hydrogen) atoms. The molecule has 0 aromatic carbocycles. The number of cyclic esters (lactones) is 1. The van der Waals surface area contributed by atoms with Gasteiger partial charge in [0, 0.05) is 12.3 Å². The first kappa shape index (κ1) is 17.2. The van der Waals surface area contributed by atoms with E-state index in [1.54, 1.807) is 0 Å². The number of hydrogen-bond donors (Lipinski definition) is 0. The second-order valence-electron chi connectivity index (χ2n) is 5.65. The van der Waals surface area contributed by atoms with Gasteiger partial charge in [0.2, 0.25) is 0 Å². The van der Waals surface area contributed by atoms with Crippen molar-refractivity contribution in [2.45, 2.75) is 64.7 Å². The highest BCUT2D eigenvalue weighted by Crippen LogP contribution is 2.14. The standard InChI is InChI=1S/C16H28O4/c1-14-9-7-5-3-2-4-6-8-10-16(18)20-12-11-19-13-15(14)17/h14H,2-13H2,1H3. The summed E-state index contributed by atoms with van der Waals surface area (Å²) in [5, 5.41) is 0. The van der Waals surface area contributed by atoms with Gasteiger partial charge >= 0.3 is 5.97 Å². The van der Waals surface area contributed by atoms with E-state index in [4.69, 9.17) is 9.47 Å². The van der Waals surface area contributed by atoms with Crippen LogP contribution in [0.4, 0.5) is 0 Å². The molecule has 1 aliphatic rings. The van der Waals surface area contributed by atoms with Crippen molar-refractivity contribution in [3.8, 4) is 0 Å². The number of ether oxygens (including phenoxy) is 2. The van der Waals surface area contributed by atoms with Crippen LogP contribution in [-0.2, 0) is 19.1 Å². The predicted octanol–water partition coefficient (Wildman–Crippen LogP) is 3.28. The smallest absolute Gasteiger partial charge is 0.305 e. The molecular formula is C16H28O4. The molecule has 0 radical (unpaired) electrons. The van der Waals surface area contributed by atoms with Crippen molar-refractivity contribution in [2.75, 3.05) is 19.8 Å². The molecule has 0 spiro atoms. The maximum absolute atomic E-state index is 11.8. The van der Waals surface area contributed by atoms with Gasteiger partial charge < -0.3 is 9.47 Å². The molecule has 0 amide bonds. The van der Waals surface area contributed by atoms with Gasteiger partial charge in [-0.3, -0.25) is 9.59 Å². The third-order valence-corrected chi connectivity index (χ3v) is 3.80. The van der Waals surface area contributed by atoms with Crippen molar-refractivity contribution in [3.63, 3.8) is 0 Å². The molecule has 116 valence electrons. The van der Waals surface area contributed by atoms with E-state index in [0.717, 1.165) is 25.7 Å². The summed E-state index contributed by atoms with van der Waals surface area (Å²) in [6.07, 6.45) is 9.41. The first-order valence-corrected chi connectivity index (χ1v) is 7.96. The molecule has 4 nitrogen and oxygen atoms in total. The minimum Gasteiger partial charge on any atom is -0.463 e. The Bertz CT molecular complexity index is 288. The minimum absolute atomic E-state index is 0.0771. The molecule has 1 atom stereocenters. The van der Waals surface area contributed by atoms with E-state index in [9.17, 15) is 9.59 Å². The molecule has 0 N–H and O–H groups in total. The lowest BCUT2D eigenvalue weighted by Gasteiger charge is -2.10. The number of rotatable bonds is 0. The molecule has 1 heterocycles. The van der Waals surface area contributed by atoms with Crippen molar-refractivity contribution in [1.29, 1.82) is 0 Å². The minimum atomic E-state index is -0.155. The van der Waals surface area contributed by atoms with E-state index in [1.807, 2.05) is 6.92 Å². The summed E-state index contributed by atoms with van der Waals surface area (Å²) in [4.78, 5) is 23.2. The van der Waals surface area contributed by atoms with Gasteiger partial charge in [-0.25, -0.2) is 0 Å². The van der Waals surface area contributed by atoms with Crippen LogP contribution in [0.5, 0.6) is 0 Å². The van der Waals surface area contributed by atoms with Crippen LogP contribution in [0.2, 0.25) is 0 Å². The topological polar surface area (TPSA) is 52.6 Å². The van der Waals surface area contributed by atoms with Crippen LogP contribution in [0, 0.1) is 5.92 Å². The molecule has 0 bridgehead atoms. The Hall–Kier alpha value is -0.900. The van der Waals surface area contributed by atoms with Crippen molar-refractivity contribution >= 4 is 11.8 Å². The van der Waals surface area contributed by atoms with Crippen molar-refractivity contribution in [2.24, 2.45) is 5.92 Å². The normalized spacial score (nSPS) is 25.8. The number of esters is 1. The summed E-state index contributed by atoms with van der Waals surface area (Å²) in [7, 11) is 0. The van der Waals surface area contributed by atoms with Gasteiger partial charge in [0.25, 0.3) is 0 Å². The zero-order valence-corrected chi connectivity index (χ0v) is 12.7. The zero-order chi connectivity index (χ0) is 14.6. The summed E-state index contributed by atoms with van der Waals surface area (Å²) in [5.74, 6) is 0.0755. The van der Waals surface area contributed by atoms with Gasteiger partial charge in [-0.1, -0.05) is 45.4 Å². The lowest BCUT2D eigenvalue weighted by molar-refractivity contribution is -0.145. The van der Waals surface area contributed by atoms with Crippen molar-refractivity contribution < 1.29 is 19.1 Å². The lowest BCUT2D eigenvalue weighted by atomic mass is 9.98. The Balaban J connectivity index is 2.30. The molecule has 0 aliphatic carbocycles. The van der Waals surface area contributed by atoms with Crippen molar-refractivity contribution in [3.05, 3.63) is 0 Å². The third kappa shape index (κ3) is 8.31. The summed E-state index contributed by atoms with van der Waals surface area (Å²) in [6, 6.07) is 0. The lowest BCUT2D eigenvalue weighted by Crippen LogP contribution is -2.19. The van der Waals surface area contributed by atoms with Crippen LogP contribution in [0.1, 0.15) is 64.7 Å². The van der Waals surface area contributed by atoms with E-state index in [1.165, 1.54) is 25.7 Å². The Morgan fingerprint density at radius 1 is 0.900 bits per heavy atom. The Kier molecular flexibility index (Phi) is 9.29. The molecule has 0 aromatic rings. The van der Waals surface area contributed by atoms with Crippen LogP contribution in [-0.4, -0.2) is 31.6 Å². The number of Topliss-reactive ketones (excluding diaryl/α,β-unsaturated/α-hetero) is 1. The number of hydrogen-bond acceptors (Lipinski definition) is 4. The largest absolute Gasteiger partial charge is 0.463 e. The molecular weight excluding hydrogens is 256 g/mol. The number of carbonyl (C=O) groups is 2.